The first-order chi connectivity index (χ1) is 48.7. The lowest BCUT2D eigenvalue weighted by molar-refractivity contribution is -0.161. The van der Waals surface area contributed by atoms with E-state index in [2.05, 4.69) is 125 Å². The van der Waals surface area contributed by atoms with Gasteiger partial charge >= 0.3 is 39.5 Å². The van der Waals surface area contributed by atoms with Crippen molar-refractivity contribution in [2.24, 2.45) is 0 Å². The molecule has 0 aromatic heterocycles. The molecule has 0 heterocycles. The summed E-state index contributed by atoms with van der Waals surface area (Å²) in [6.07, 6.45) is 76.6. The lowest BCUT2D eigenvalue weighted by atomic mass is 10.1. The molecule has 0 rings (SSSR count). The average molecular weight is 1450 g/mol. The van der Waals surface area contributed by atoms with Crippen LogP contribution in [0, 0.1) is 0 Å². The second kappa shape index (κ2) is 73.3. The van der Waals surface area contributed by atoms with Crippen molar-refractivity contribution in [1.29, 1.82) is 0 Å². The van der Waals surface area contributed by atoms with E-state index in [1.165, 1.54) is 77.0 Å². The molecule has 0 aromatic rings. The zero-order valence-electron chi connectivity index (χ0n) is 63.1. The van der Waals surface area contributed by atoms with Crippen LogP contribution in [0.4, 0.5) is 0 Å². The number of hydrogen-bond acceptors (Lipinski definition) is 15. The highest BCUT2D eigenvalue weighted by Crippen LogP contribution is 2.45. The van der Waals surface area contributed by atoms with Gasteiger partial charge in [-0.3, -0.25) is 37.3 Å². The van der Waals surface area contributed by atoms with Crippen molar-refractivity contribution in [3.63, 3.8) is 0 Å². The largest absolute Gasteiger partial charge is 0.472 e. The number of phosphoric ester groups is 2. The lowest BCUT2D eigenvalue weighted by Crippen LogP contribution is -2.30. The highest BCUT2D eigenvalue weighted by molar-refractivity contribution is 7.47. The van der Waals surface area contributed by atoms with Crippen LogP contribution in [0.2, 0.25) is 0 Å². The molecule has 17 nitrogen and oxygen atoms in total. The molecule has 100 heavy (non-hydrogen) atoms. The monoisotopic (exact) mass is 1450 g/mol. The minimum absolute atomic E-state index is 0.0756. The van der Waals surface area contributed by atoms with Gasteiger partial charge in [0.05, 0.1) is 26.4 Å². The molecule has 0 amide bonds. The molecule has 0 fully saturated rings. The van der Waals surface area contributed by atoms with Gasteiger partial charge in [0, 0.05) is 25.7 Å². The molecule has 3 N–H and O–H groups in total. The number of ether oxygens (including phenoxy) is 4. The average Bonchev–Trinajstić information content (AvgIpc) is 1.25. The highest BCUT2D eigenvalue weighted by Gasteiger charge is 2.30. The molecular formula is C81H142O17P2. The topological polar surface area (TPSA) is 237 Å². The number of allylic oxidation sites excluding steroid dienone is 16. The summed E-state index contributed by atoms with van der Waals surface area (Å²) in [7, 11) is -9.97. The number of unbranched alkanes of at least 4 members (excludes halogenated alkanes) is 32. The molecule has 0 aliphatic rings. The first-order valence-electron chi connectivity index (χ1n) is 39.5. The molecule has 19 heteroatoms. The van der Waals surface area contributed by atoms with Crippen molar-refractivity contribution < 1.29 is 80.2 Å². The Kier molecular flexibility index (Phi) is 70.4. The zero-order valence-corrected chi connectivity index (χ0v) is 64.9. The van der Waals surface area contributed by atoms with Crippen molar-refractivity contribution in [3.05, 3.63) is 97.2 Å². The summed E-state index contributed by atoms with van der Waals surface area (Å²) in [6, 6.07) is 0. The highest BCUT2D eigenvalue weighted by atomic mass is 31.2. The molecule has 3 unspecified atom stereocenters. The van der Waals surface area contributed by atoms with Gasteiger partial charge in [0.1, 0.15) is 19.3 Å². The number of aliphatic hydroxyl groups excluding tert-OH is 1. The summed E-state index contributed by atoms with van der Waals surface area (Å²) in [6.45, 7) is 4.74. The lowest BCUT2D eigenvalue weighted by Gasteiger charge is -2.21. The van der Waals surface area contributed by atoms with E-state index in [1.807, 2.05) is 0 Å². The first kappa shape index (κ1) is 96.0. The summed E-state index contributed by atoms with van der Waals surface area (Å²) in [5.74, 6) is -2.22. The predicted octanol–water partition coefficient (Wildman–Crippen LogP) is 22.8. The fourth-order valence-electron chi connectivity index (χ4n) is 10.4. The van der Waals surface area contributed by atoms with Crippen molar-refractivity contribution in [2.45, 2.75) is 354 Å². The SMILES string of the molecule is CCCCC/C=C\C/C=C\CCCCCCCC(=O)O[C@H](COC(=O)CCCCCCC/C=C/C/C=C/CCCCC)COP(=O)(O)OCC(O)COP(=O)(O)OC[C@@H](COC(=O)CCCCCCC/C=C/C/C=C\CCCCC)OC(=O)CCCCCCC/C=C/C/C=C\CCCCC. The van der Waals surface area contributed by atoms with Crippen molar-refractivity contribution in [1.82, 2.24) is 0 Å². The zero-order chi connectivity index (χ0) is 73.2. The maximum absolute atomic E-state index is 13.1. The third kappa shape index (κ3) is 72.3. The summed E-state index contributed by atoms with van der Waals surface area (Å²) < 4.78 is 68.5. The van der Waals surface area contributed by atoms with Gasteiger partial charge in [-0.1, -0.05) is 253 Å². The molecule has 0 aromatic carbocycles. The van der Waals surface area contributed by atoms with Gasteiger partial charge in [-0.2, -0.15) is 0 Å². The Morgan fingerprint density at radius 2 is 0.490 bits per heavy atom. The molecule has 578 valence electrons. The maximum atomic E-state index is 13.1. The van der Waals surface area contributed by atoms with E-state index in [1.54, 1.807) is 0 Å². The number of phosphoric acid groups is 2. The molecule has 0 saturated carbocycles. The smallest absolute Gasteiger partial charge is 0.462 e. The summed E-state index contributed by atoms with van der Waals surface area (Å²) >= 11 is 0. The van der Waals surface area contributed by atoms with Gasteiger partial charge in [-0.15, -0.1) is 0 Å². The van der Waals surface area contributed by atoms with E-state index in [4.69, 9.17) is 37.0 Å². The Morgan fingerprint density at radius 1 is 0.280 bits per heavy atom. The van der Waals surface area contributed by atoms with Gasteiger partial charge in [0.15, 0.2) is 12.2 Å². The van der Waals surface area contributed by atoms with E-state index in [9.17, 15) is 43.2 Å². The van der Waals surface area contributed by atoms with Crippen LogP contribution in [0.3, 0.4) is 0 Å². The summed E-state index contributed by atoms with van der Waals surface area (Å²) in [5.41, 5.74) is 0. The van der Waals surface area contributed by atoms with Gasteiger partial charge < -0.3 is 33.8 Å². The number of aliphatic hydroxyl groups is 1. The van der Waals surface area contributed by atoms with Crippen molar-refractivity contribution in [2.75, 3.05) is 39.6 Å². The van der Waals surface area contributed by atoms with Crippen LogP contribution in [0.25, 0.3) is 0 Å². The van der Waals surface area contributed by atoms with Crippen LogP contribution in [0.5, 0.6) is 0 Å². The standard InChI is InChI=1S/C81H142O17P2/c1-5-9-13-17-21-25-29-33-37-41-45-49-53-57-61-65-78(83)91-71-76(97-80(85)67-63-59-55-51-47-43-39-35-31-27-23-19-15-11-7-3)73-95-99(87,88)93-69-75(82)70-94-100(89,90)96-74-77(98-81(86)68-64-60-56-52-48-44-40-36-32-28-24-20-16-12-8-4)72-92-79(84)66-62-58-54-50-46-42-38-34-30-26-22-18-14-10-6-2/h21-28,33-40,75-77,82H,5-20,29-32,41-74H2,1-4H3,(H,87,88)(H,89,90)/b25-21-,26-22+,27-23-,28-24-,37-33+,38-34+,39-35+,40-36-/t75?,76-,77-/m1/s1. The Balaban J connectivity index is 5.40. The fourth-order valence-corrected chi connectivity index (χ4v) is 12.0. The molecule has 0 radical (unpaired) electrons. The molecule has 0 aliphatic heterocycles. The minimum atomic E-state index is -4.98. The molecular weight excluding hydrogens is 1310 g/mol. The van der Waals surface area contributed by atoms with Crippen LogP contribution in [0.15, 0.2) is 97.2 Å². The van der Waals surface area contributed by atoms with Crippen LogP contribution in [0.1, 0.15) is 336 Å². The fraction of sp³-hybridized carbons (Fsp3) is 0.753. The summed E-state index contributed by atoms with van der Waals surface area (Å²) in [5, 5.41) is 10.6. The molecule has 0 saturated heterocycles. The van der Waals surface area contributed by atoms with Crippen LogP contribution in [-0.4, -0.2) is 96.7 Å². The van der Waals surface area contributed by atoms with Gasteiger partial charge in [0.25, 0.3) is 0 Å². The molecule has 0 aliphatic carbocycles. The Labute approximate surface area is 607 Å². The Morgan fingerprint density at radius 3 is 0.740 bits per heavy atom. The van der Waals surface area contributed by atoms with E-state index in [0.717, 1.165) is 180 Å². The quantitative estimate of drug-likeness (QED) is 0.0169. The van der Waals surface area contributed by atoms with E-state index in [0.29, 0.717) is 25.7 Å². The van der Waals surface area contributed by atoms with E-state index >= 15 is 0 Å². The third-order valence-corrected chi connectivity index (χ3v) is 18.4. The maximum Gasteiger partial charge on any atom is 0.472 e. The second-order valence-corrected chi connectivity index (χ2v) is 29.2. The van der Waals surface area contributed by atoms with Crippen LogP contribution < -0.4 is 0 Å². The van der Waals surface area contributed by atoms with Gasteiger partial charge in [0.2, 0.25) is 0 Å². The van der Waals surface area contributed by atoms with Crippen LogP contribution >= 0.6 is 15.6 Å². The first-order valence-corrected chi connectivity index (χ1v) is 42.5. The second-order valence-electron chi connectivity index (χ2n) is 26.3. The van der Waals surface area contributed by atoms with Gasteiger partial charge in [-0.25, -0.2) is 9.13 Å². The number of carbonyl (C=O) groups is 4. The number of carbonyl (C=O) groups excluding carboxylic acids is 4. The van der Waals surface area contributed by atoms with Crippen molar-refractivity contribution in [3.8, 4) is 0 Å². The number of esters is 4. The summed E-state index contributed by atoms with van der Waals surface area (Å²) in [4.78, 5) is 72.9. The van der Waals surface area contributed by atoms with E-state index in [-0.39, 0.29) is 25.7 Å². The molecule has 0 bridgehead atoms. The number of hydrogen-bond donors (Lipinski definition) is 3. The predicted molar refractivity (Wildman–Crippen MR) is 409 cm³/mol. The molecule has 5 atom stereocenters. The van der Waals surface area contributed by atoms with Gasteiger partial charge in [-0.05, 0) is 154 Å². The molecule has 0 spiro atoms. The van der Waals surface area contributed by atoms with Crippen LogP contribution in [-0.2, 0) is 65.4 Å². The third-order valence-electron chi connectivity index (χ3n) is 16.5. The Bertz CT molecular complexity index is 2120. The minimum Gasteiger partial charge on any atom is -0.462 e. The Hall–Kier alpha value is -4.02. The number of rotatable bonds is 74. The normalized spacial score (nSPS) is 14.4. The van der Waals surface area contributed by atoms with Crippen molar-refractivity contribution >= 4 is 39.5 Å². The van der Waals surface area contributed by atoms with E-state index < -0.39 is 97.5 Å².